The molecule has 1 aromatic heterocycles. The summed E-state index contributed by atoms with van der Waals surface area (Å²) >= 11 is 0. The number of amides is 1. The Morgan fingerprint density at radius 1 is 0.872 bits per heavy atom. The van der Waals surface area contributed by atoms with E-state index in [-0.39, 0.29) is 5.91 Å². The molecule has 0 saturated carbocycles. The molecule has 39 heavy (non-hydrogen) atoms. The number of aromatic nitrogens is 2. The molecule has 0 unspecified atom stereocenters. The zero-order valence-electron chi connectivity index (χ0n) is 23.2. The fraction of sp³-hybridized carbons (Fsp3) is 0.375. The van der Waals surface area contributed by atoms with Gasteiger partial charge < -0.3 is 24.1 Å². The molecule has 0 atom stereocenters. The van der Waals surface area contributed by atoms with Gasteiger partial charge >= 0.3 is 0 Å². The first-order chi connectivity index (χ1) is 19.1. The van der Waals surface area contributed by atoms with Gasteiger partial charge in [0.05, 0.1) is 31.9 Å². The number of nitrogens with one attached hydrogen (secondary N) is 1. The van der Waals surface area contributed by atoms with Crippen molar-refractivity contribution in [2.24, 2.45) is 0 Å². The number of hydrogen-bond donors (Lipinski definition) is 1. The second kappa shape index (κ2) is 14.2. The van der Waals surface area contributed by atoms with Crippen LogP contribution in [-0.2, 0) is 13.0 Å². The van der Waals surface area contributed by atoms with Crippen LogP contribution in [0.2, 0.25) is 0 Å². The Labute approximate surface area is 231 Å². The van der Waals surface area contributed by atoms with Gasteiger partial charge in [0.15, 0.2) is 11.5 Å². The Morgan fingerprint density at radius 3 is 2.46 bits per heavy atom. The first kappa shape index (κ1) is 28.0. The number of aryl methyl sites for hydroxylation is 3. The number of carbonyl (C=O) groups is 1. The molecular weight excluding hydrogens is 490 g/mol. The Kier molecular flexibility index (Phi) is 10.2. The van der Waals surface area contributed by atoms with Gasteiger partial charge in [0.1, 0.15) is 11.6 Å². The Hall–Kier alpha value is -4.00. The molecule has 0 saturated heterocycles. The number of imidazole rings is 1. The summed E-state index contributed by atoms with van der Waals surface area (Å²) in [7, 11) is 3.14. The zero-order valence-corrected chi connectivity index (χ0v) is 23.2. The molecule has 0 radical (unpaired) electrons. The van der Waals surface area contributed by atoms with E-state index in [1.165, 1.54) is 11.1 Å². The lowest BCUT2D eigenvalue weighted by Crippen LogP contribution is -2.24. The maximum absolute atomic E-state index is 12.5. The Bertz CT molecular complexity index is 1350. The summed E-state index contributed by atoms with van der Waals surface area (Å²) in [6.07, 6.45) is 5.88. The van der Waals surface area contributed by atoms with Crippen molar-refractivity contribution in [3.8, 4) is 17.2 Å². The summed E-state index contributed by atoms with van der Waals surface area (Å²) in [6, 6.07) is 21.7. The number of hydrogen-bond acceptors (Lipinski definition) is 5. The summed E-state index contributed by atoms with van der Waals surface area (Å²) in [4.78, 5) is 17.4. The number of ether oxygens (including phenoxy) is 3. The minimum atomic E-state index is -0.107. The van der Waals surface area contributed by atoms with Crippen molar-refractivity contribution in [3.05, 3.63) is 83.7 Å². The van der Waals surface area contributed by atoms with Gasteiger partial charge in [0, 0.05) is 25.1 Å². The third kappa shape index (κ3) is 7.76. The van der Waals surface area contributed by atoms with Crippen molar-refractivity contribution < 1.29 is 19.0 Å². The Balaban J connectivity index is 1.21. The lowest BCUT2D eigenvalue weighted by Gasteiger charge is -2.11. The van der Waals surface area contributed by atoms with Crippen LogP contribution in [0.3, 0.4) is 0 Å². The minimum absolute atomic E-state index is 0.107. The van der Waals surface area contributed by atoms with E-state index in [0.717, 1.165) is 62.2 Å². The predicted octanol–water partition coefficient (Wildman–Crippen LogP) is 6.36. The molecule has 0 aliphatic carbocycles. The van der Waals surface area contributed by atoms with Crippen LogP contribution in [-0.4, -0.2) is 42.8 Å². The van der Waals surface area contributed by atoms with Gasteiger partial charge in [-0.3, -0.25) is 4.79 Å². The lowest BCUT2D eigenvalue weighted by molar-refractivity contribution is 0.0952. The third-order valence-corrected chi connectivity index (χ3v) is 6.81. The molecule has 0 aliphatic rings. The number of rotatable bonds is 15. The van der Waals surface area contributed by atoms with Gasteiger partial charge in [-0.05, 0) is 75.1 Å². The highest BCUT2D eigenvalue weighted by atomic mass is 16.5. The van der Waals surface area contributed by atoms with E-state index in [1.54, 1.807) is 32.4 Å². The number of unbranched alkanes of at least 4 members (excludes halogenated alkanes) is 3. The molecule has 1 N–H and O–H groups in total. The van der Waals surface area contributed by atoms with Gasteiger partial charge in [0.2, 0.25) is 0 Å². The summed E-state index contributed by atoms with van der Waals surface area (Å²) < 4.78 is 18.8. The largest absolute Gasteiger partial charge is 0.494 e. The van der Waals surface area contributed by atoms with Crippen molar-refractivity contribution in [2.75, 3.05) is 27.4 Å². The fourth-order valence-corrected chi connectivity index (χ4v) is 4.63. The number of carbonyl (C=O) groups excluding carboxylic acids is 1. The molecule has 1 heterocycles. The fourth-order valence-electron chi connectivity index (χ4n) is 4.63. The number of fused-ring (bicyclic) bond motifs is 1. The average Bonchev–Trinajstić information content (AvgIpc) is 3.32. The number of methoxy groups -OCH3 is 2. The minimum Gasteiger partial charge on any atom is -0.494 e. The smallest absolute Gasteiger partial charge is 0.251 e. The highest BCUT2D eigenvalue weighted by Gasteiger charge is 2.12. The third-order valence-electron chi connectivity index (χ3n) is 6.81. The van der Waals surface area contributed by atoms with Crippen molar-refractivity contribution in [2.45, 2.75) is 52.0 Å². The molecule has 0 bridgehead atoms. The molecule has 206 valence electrons. The first-order valence-electron chi connectivity index (χ1n) is 13.7. The van der Waals surface area contributed by atoms with Crippen LogP contribution < -0.4 is 19.5 Å². The van der Waals surface area contributed by atoms with Crippen LogP contribution in [0.25, 0.3) is 11.0 Å². The maximum Gasteiger partial charge on any atom is 0.251 e. The van der Waals surface area contributed by atoms with Crippen LogP contribution in [0.5, 0.6) is 17.2 Å². The second-order valence-corrected chi connectivity index (χ2v) is 9.67. The van der Waals surface area contributed by atoms with Crippen LogP contribution >= 0.6 is 0 Å². The zero-order chi connectivity index (χ0) is 27.5. The van der Waals surface area contributed by atoms with Crippen molar-refractivity contribution >= 4 is 16.9 Å². The van der Waals surface area contributed by atoms with E-state index in [2.05, 4.69) is 47.1 Å². The molecule has 7 nitrogen and oxygen atoms in total. The average molecular weight is 530 g/mol. The molecule has 0 aliphatic heterocycles. The standard InChI is InChI=1S/C32H39N3O4/c1-24-14-17-26(18-15-24)39-22-10-9-21-35-28-12-7-6-11-27(28)34-31(35)13-5-4-8-20-33-32(36)25-16-19-29(37-2)30(23-25)38-3/h6-7,11-12,14-19,23H,4-5,8-10,13,20-22H2,1-3H3,(H,33,36). The number of para-hydroxylation sites is 2. The molecule has 7 heteroatoms. The van der Waals surface area contributed by atoms with Gasteiger partial charge in [-0.2, -0.15) is 0 Å². The Morgan fingerprint density at radius 2 is 1.67 bits per heavy atom. The van der Waals surface area contributed by atoms with Crippen molar-refractivity contribution in [3.63, 3.8) is 0 Å². The van der Waals surface area contributed by atoms with E-state index in [9.17, 15) is 4.79 Å². The van der Waals surface area contributed by atoms with Crippen LogP contribution in [0.1, 0.15) is 53.8 Å². The van der Waals surface area contributed by atoms with Crippen molar-refractivity contribution in [1.29, 1.82) is 0 Å². The second-order valence-electron chi connectivity index (χ2n) is 9.67. The summed E-state index contributed by atoms with van der Waals surface area (Å²) in [5.41, 5.74) is 4.03. The molecule has 1 amide bonds. The lowest BCUT2D eigenvalue weighted by atomic mass is 10.1. The van der Waals surface area contributed by atoms with Gasteiger partial charge in [-0.15, -0.1) is 0 Å². The number of benzene rings is 3. The summed E-state index contributed by atoms with van der Waals surface area (Å²) in [5.74, 6) is 3.10. The van der Waals surface area contributed by atoms with Gasteiger partial charge in [0.25, 0.3) is 5.91 Å². The topological polar surface area (TPSA) is 74.6 Å². The van der Waals surface area contributed by atoms with Crippen LogP contribution in [0, 0.1) is 6.92 Å². The molecular formula is C32H39N3O4. The monoisotopic (exact) mass is 529 g/mol. The maximum atomic E-state index is 12.5. The molecule has 0 fully saturated rings. The van der Waals surface area contributed by atoms with Gasteiger partial charge in [-0.25, -0.2) is 4.98 Å². The number of nitrogens with zero attached hydrogens (tertiary/aromatic N) is 2. The SMILES string of the molecule is COc1ccc(C(=O)NCCCCCc2nc3ccccc3n2CCCCOc2ccc(C)cc2)cc1OC. The van der Waals surface area contributed by atoms with E-state index < -0.39 is 0 Å². The van der Waals surface area contributed by atoms with E-state index in [0.29, 0.717) is 30.2 Å². The van der Waals surface area contributed by atoms with E-state index in [4.69, 9.17) is 19.2 Å². The highest BCUT2D eigenvalue weighted by Crippen LogP contribution is 2.27. The molecule has 4 rings (SSSR count). The summed E-state index contributed by atoms with van der Waals surface area (Å²) in [6.45, 7) is 4.34. The molecule has 4 aromatic rings. The van der Waals surface area contributed by atoms with Gasteiger partial charge in [-0.1, -0.05) is 36.2 Å². The predicted molar refractivity (Wildman–Crippen MR) is 155 cm³/mol. The first-order valence-corrected chi connectivity index (χ1v) is 13.7. The van der Waals surface area contributed by atoms with Crippen molar-refractivity contribution in [1.82, 2.24) is 14.9 Å². The summed E-state index contributed by atoms with van der Waals surface area (Å²) in [5, 5.41) is 3.01. The quantitative estimate of drug-likeness (QED) is 0.181. The van der Waals surface area contributed by atoms with Crippen LogP contribution in [0.4, 0.5) is 0 Å². The highest BCUT2D eigenvalue weighted by molar-refractivity contribution is 5.94. The van der Waals surface area contributed by atoms with E-state index >= 15 is 0 Å². The molecule has 3 aromatic carbocycles. The molecule has 0 spiro atoms. The normalized spacial score (nSPS) is 10.9. The van der Waals surface area contributed by atoms with Crippen LogP contribution in [0.15, 0.2) is 66.7 Å². The van der Waals surface area contributed by atoms with E-state index in [1.807, 2.05) is 18.2 Å².